The van der Waals surface area contributed by atoms with E-state index in [1.54, 1.807) is 6.07 Å². The van der Waals surface area contributed by atoms with Crippen molar-refractivity contribution in [1.82, 2.24) is 5.32 Å². The summed E-state index contributed by atoms with van der Waals surface area (Å²) in [5.74, 6) is -1.79. The van der Waals surface area contributed by atoms with Crippen molar-refractivity contribution in [3.63, 3.8) is 0 Å². The highest BCUT2D eigenvalue weighted by atomic mass is 19.1. The van der Waals surface area contributed by atoms with Gasteiger partial charge in [-0.2, -0.15) is 5.26 Å². The van der Waals surface area contributed by atoms with Gasteiger partial charge in [0.25, 0.3) is 0 Å². The Morgan fingerprint density at radius 2 is 2.17 bits per heavy atom. The maximum Gasteiger partial charge on any atom is 0.325 e. The summed E-state index contributed by atoms with van der Waals surface area (Å²) >= 11 is 0. The fraction of sp³-hybridized carbons (Fsp3) is 0.182. The minimum atomic E-state index is -1.19. The number of carboxylic acids is 1. The van der Waals surface area contributed by atoms with Crippen molar-refractivity contribution in [2.45, 2.75) is 13.0 Å². The fourth-order valence-corrected chi connectivity index (χ4v) is 1.13. The number of anilines is 1. The van der Waals surface area contributed by atoms with Crippen LogP contribution in [0.3, 0.4) is 0 Å². The SMILES string of the molecule is C[C@H](NC(=O)Nc1ccc(F)cc1C#N)C(=O)O. The summed E-state index contributed by atoms with van der Waals surface area (Å²) in [5, 5.41) is 21.7. The molecule has 0 aliphatic carbocycles. The van der Waals surface area contributed by atoms with Crippen molar-refractivity contribution >= 4 is 17.7 Å². The van der Waals surface area contributed by atoms with Crippen LogP contribution in [0, 0.1) is 17.1 Å². The number of aliphatic carboxylic acids is 1. The van der Waals surface area contributed by atoms with Gasteiger partial charge in [0.2, 0.25) is 0 Å². The van der Waals surface area contributed by atoms with Crippen molar-refractivity contribution in [2.24, 2.45) is 0 Å². The van der Waals surface area contributed by atoms with Crippen LogP contribution in [-0.4, -0.2) is 23.1 Å². The van der Waals surface area contributed by atoms with Crippen molar-refractivity contribution in [1.29, 1.82) is 5.26 Å². The highest BCUT2D eigenvalue weighted by molar-refractivity contribution is 5.93. The van der Waals surface area contributed by atoms with Crippen LogP contribution in [0.1, 0.15) is 12.5 Å². The number of urea groups is 1. The van der Waals surface area contributed by atoms with E-state index in [-0.39, 0.29) is 11.3 Å². The van der Waals surface area contributed by atoms with Crippen molar-refractivity contribution < 1.29 is 19.1 Å². The Hall–Kier alpha value is -2.62. The third kappa shape index (κ3) is 3.45. The molecule has 0 radical (unpaired) electrons. The first-order valence-corrected chi connectivity index (χ1v) is 4.94. The maximum absolute atomic E-state index is 12.8. The van der Waals surface area contributed by atoms with Gasteiger partial charge in [0, 0.05) is 0 Å². The highest BCUT2D eigenvalue weighted by Crippen LogP contribution is 2.15. The Balaban J connectivity index is 2.77. The van der Waals surface area contributed by atoms with Gasteiger partial charge in [0.05, 0.1) is 11.3 Å². The van der Waals surface area contributed by atoms with E-state index in [1.807, 2.05) is 0 Å². The van der Waals surface area contributed by atoms with E-state index in [9.17, 15) is 14.0 Å². The van der Waals surface area contributed by atoms with Crippen LogP contribution >= 0.6 is 0 Å². The number of nitriles is 1. The van der Waals surface area contributed by atoms with E-state index in [0.717, 1.165) is 12.1 Å². The quantitative estimate of drug-likeness (QED) is 0.753. The van der Waals surface area contributed by atoms with Crippen molar-refractivity contribution in [3.05, 3.63) is 29.6 Å². The molecule has 18 heavy (non-hydrogen) atoms. The van der Waals surface area contributed by atoms with Gasteiger partial charge in [-0.1, -0.05) is 0 Å². The molecule has 0 bridgehead atoms. The normalized spacial score (nSPS) is 11.2. The van der Waals surface area contributed by atoms with E-state index >= 15 is 0 Å². The lowest BCUT2D eigenvalue weighted by Gasteiger charge is -2.11. The van der Waals surface area contributed by atoms with Crippen LogP contribution in [-0.2, 0) is 4.79 Å². The molecule has 0 unspecified atom stereocenters. The van der Waals surface area contributed by atoms with Gasteiger partial charge in [-0.05, 0) is 25.1 Å². The zero-order chi connectivity index (χ0) is 13.7. The molecule has 7 heteroatoms. The smallest absolute Gasteiger partial charge is 0.325 e. The number of carbonyl (C=O) groups is 2. The van der Waals surface area contributed by atoms with Crippen LogP contribution in [0.15, 0.2) is 18.2 Å². The van der Waals surface area contributed by atoms with Gasteiger partial charge in [-0.15, -0.1) is 0 Å². The topological polar surface area (TPSA) is 102 Å². The van der Waals surface area contributed by atoms with Crippen LogP contribution in [0.2, 0.25) is 0 Å². The average molecular weight is 251 g/mol. The van der Waals surface area contributed by atoms with Crippen LogP contribution in [0.4, 0.5) is 14.9 Å². The van der Waals surface area contributed by atoms with Gasteiger partial charge < -0.3 is 15.7 Å². The van der Waals surface area contributed by atoms with Gasteiger partial charge in [0.1, 0.15) is 17.9 Å². The van der Waals surface area contributed by atoms with E-state index in [0.29, 0.717) is 0 Å². The largest absolute Gasteiger partial charge is 0.480 e. The monoisotopic (exact) mass is 251 g/mol. The van der Waals surface area contributed by atoms with E-state index in [4.69, 9.17) is 10.4 Å². The number of benzene rings is 1. The van der Waals surface area contributed by atoms with Gasteiger partial charge in [0.15, 0.2) is 0 Å². The van der Waals surface area contributed by atoms with Crippen LogP contribution < -0.4 is 10.6 Å². The molecular formula is C11H10FN3O3. The number of nitrogens with zero attached hydrogens (tertiary/aromatic N) is 1. The molecule has 0 aliphatic heterocycles. The highest BCUT2D eigenvalue weighted by Gasteiger charge is 2.14. The number of carbonyl (C=O) groups excluding carboxylic acids is 1. The standard InChI is InChI=1S/C11H10FN3O3/c1-6(10(16)17)14-11(18)15-9-3-2-8(12)4-7(9)5-13/h2-4,6H,1H3,(H,16,17)(H2,14,15,18)/t6-/m0/s1. The zero-order valence-corrected chi connectivity index (χ0v) is 9.40. The number of amides is 2. The average Bonchev–Trinajstić information content (AvgIpc) is 2.31. The first kappa shape index (κ1) is 13.4. The molecule has 1 atom stereocenters. The van der Waals surface area contributed by atoms with E-state index in [1.165, 1.54) is 13.0 Å². The second kappa shape index (κ2) is 5.63. The molecular weight excluding hydrogens is 241 g/mol. The lowest BCUT2D eigenvalue weighted by molar-refractivity contribution is -0.138. The number of carboxylic acid groups (broad SMARTS) is 1. The predicted octanol–water partition coefficient (Wildman–Crippen LogP) is 1.29. The van der Waals surface area contributed by atoms with Crippen LogP contribution in [0.25, 0.3) is 0 Å². The third-order valence-corrected chi connectivity index (χ3v) is 2.07. The summed E-state index contributed by atoms with van der Waals surface area (Å²) in [7, 11) is 0. The third-order valence-electron chi connectivity index (χ3n) is 2.07. The molecule has 0 aliphatic rings. The molecule has 0 saturated heterocycles. The molecule has 2 amide bonds. The summed E-state index contributed by atoms with van der Waals surface area (Å²) in [4.78, 5) is 21.9. The molecule has 0 spiro atoms. The number of halogens is 1. The number of hydrogen-bond acceptors (Lipinski definition) is 3. The summed E-state index contributed by atoms with van der Waals surface area (Å²) < 4.78 is 12.8. The second-order valence-electron chi connectivity index (χ2n) is 3.46. The Morgan fingerprint density at radius 1 is 1.50 bits per heavy atom. The van der Waals surface area contributed by atoms with Crippen LogP contribution in [0.5, 0.6) is 0 Å². The Morgan fingerprint density at radius 3 is 2.72 bits per heavy atom. The number of rotatable bonds is 3. The lowest BCUT2D eigenvalue weighted by Crippen LogP contribution is -2.40. The maximum atomic E-state index is 12.8. The van der Waals surface area contributed by atoms with Crippen molar-refractivity contribution in [3.8, 4) is 6.07 Å². The Kier molecular flexibility index (Phi) is 4.21. The molecule has 1 rings (SSSR count). The van der Waals surface area contributed by atoms with E-state index in [2.05, 4.69) is 10.6 Å². The first-order chi connectivity index (χ1) is 8.43. The second-order valence-corrected chi connectivity index (χ2v) is 3.46. The molecule has 6 nitrogen and oxygen atoms in total. The van der Waals surface area contributed by atoms with E-state index < -0.39 is 23.9 Å². The Bertz CT molecular complexity index is 525. The van der Waals surface area contributed by atoms with Gasteiger partial charge in [-0.25, -0.2) is 9.18 Å². The molecule has 0 fully saturated rings. The fourth-order valence-electron chi connectivity index (χ4n) is 1.13. The summed E-state index contributed by atoms with van der Waals surface area (Å²) in [5.41, 5.74) is 0.0575. The molecule has 0 aromatic heterocycles. The number of hydrogen-bond donors (Lipinski definition) is 3. The molecule has 3 N–H and O–H groups in total. The zero-order valence-electron chi connectivity index (χ0n) is 9.40. The minimum Gasteiger partial charge on any atom is -0.480 e. The summed E-state index contributed by atoms with van der Waals surface area (Å²) in [6, 6.07) is 3.13. The lowest BCUT2D eigenvalue weighted by atomic mass is 10.2. The summed E-state index contributed by atoms with van der Waals surface area (Å²) in [6.07, 6.45) is 0. The molecule has 1 aromatic carbocycles. The number of nitrogens with one attached hydrogen (secondary N) is 2. The van der Waals surface area contributed by atoms with Gasteiger partial charge >= 0.3 is 12.0 Å². The minimum absolute atomic E-state index is 0.0480. The van der Waals surface area contributed by atoms with Crippen molar-refractivity contribution in [2.75, 3.05) is 5.32 Å². The molecule has 94 valence electrons. The Labute approximate surface area is 102 Å². The predicted molar refractivity (Wildman–Crippen MR) is 60.4 cm³/mol. The summed E-state index contributed by atoms with van der Waals surface area (Å²) in [6.45, 7) is 1.29. The van der Waals surface area contributed by atoms with Gasteiger partial charge in [-0.3, -0.25) is 4.79 Å². The first-order valence-electron chi connectivity index (χ1n) is 4.94. The molecule has 0 heterocycles. The molecule has 0 saturated carbocycles. The molecule has 1 aromatic rings.